The van der Waals surface area contributed by atoms with Crippen molar-refractivity contribution in [2.24, 2.45) is 10.9 Å². The van der Waals surface area contributed by atoms with Crippen LogP contribution in [0.2, 0.25) is 5.02 Å². The number of hydrogen-bond donors (Lipinski definition) is 2. The van der Waals surface area contributed by atoms with E-state index in [1.807, 2.05) is 32.0 Å². The van der Waals surface area contributed by atoms with Gasteiger partial charge >= 0.3 is 0 Å². The van der Waals surface area contributed by atoms with Crippen LogP contribution in [0, 0.1) is 13.8 Å². The third-order valence-corrected chi connectivity index (χ3v) is 3.27. The molecule has 0 radical (unpaired) electrons. The summed E-state index contributed by atoms with van der Waals surface area (Å²) < 4.78 is 5.79. The van der Waals surface area contributed by atoms with Gasteiger partial charge in [0.2, 0.25) is 0 Å². The number of nitrogens with zero attached hydrogens (tertiary/aromatic N) is 1. The van der Waals surface area contributed by atoms with Crippen LogP contribution in [0.1, 0.15) is 16.7 Å². The molecule has 104 valence electrons. The quantitative estimate of drug-likeness (QED) is 0.390. The molecule has 0 spiro atoms. The second-order valence-corrected chi connectivity index (χ2v) is 4.91. The average molecular weight is 291 g/mol. The zero-order valence-corrected chi connectivity index (χ0v) is 12.0. The Morgan fingerprint density at radius 3 is 2.55 bits per heavy atom. The summed E-state index contributed by atoms with van der Waals surface area (Å²) in [4.78, 5) is 0. The van der Waals surface area contributed by atoms with E-state index in [0.29, 0.717) is 22.1 Å². The maximum absolute atomic E-state index is 8.80. The normalized spacial score (nSPS) is 11.4. The molecule has 0 aliphatic heterocycles. The van der Waals surface area contributed by atoms with E-state index in [0.717, 1.165) is 5.56 Å². The summed E-state index contributed by atoms with van der Waals surface area (Å²) in [5, 5.41) is 12.3. The van der Waals surface area contributed by atoms with E-state index in [2.05, 4.69) is 5.16 Å². The molecule has 5 heteroatoms. The molecule has 0 unspecified atom stereocenters. The van der Waals surface area contributed by atoms with Gasteiger partial charge in [-0.05, 0) is 49.2 Å². The molecule has 4 nitrogen and oxygen atoms in total. The van der Waals surface area contributed by atoms with Gasteiger partial charge in [0.1, 0.15) is 11.5 Å². The Labute approximate surface area is 122 Å². The number of rotatable bonds is 3. The Morgan fingerprint density at radius 1 is 1.15 bits per heavy atom. The van der Waals surface area contributed by atoms with Gasteiger partial charge in [0.15, 0.2) is 5.84 Å². The fourth-order valence-corrected chi connectivity index (χ4v) is 1.91. The molecule has 0 fully saturated rings. The van der Waals surface area contributed by atoms with Gasteiger partial charge in [-0.25, -0.2) is 0 Å². The average Bonchev–Trinajstić information content (AvgIpc) is 2.42. The van der Waals surface area contributed by atoms with Crippen molar-refractivity contribution >= 4 is 17.4 Å². The number of nitrogens with two attached hydrogens (primary N) is 1. The van der Waals surface area contributed by atoms with Crippen LogP contribution in [-0.4, -0.2) is 11.0 Å². The Bertz CT molecular complexity index is 669. The zero-order chi connectivity index (χ0) is 14.7. The minimum absolute atomic E-state index is 0.0273. The molecule has 2 aromatic carbocycles. The summed E-state index contributed by atoms with van der Waals surface area (Å²) in [5.41, 5.74) is 8.41. The third kappa shape index (κ3) is 3.03. The molecule has 0 saturated carbocycles. The Kier molecular flexibility index (Phi) is 4.15. The Morgan fingerprint density at radius 2 is 1.90 bits per heavy atom. The van der Waals surface area contributed by atoms with E-state index in [1.165, 1.54) is 5.56 Å². The van der Waals surface area contributed by atoms with Gasteiger partial charge in [-0.1, -0.05) is 22.8 Å². The van der Waals surface area contributed by atoms with Crippen LogP contribution in [0.15, 0.2) is 41.6 Å². The molecule has 0 aromatic heterocycles. The highest BCUT2D eigenvalue weighted by molar-refractivity contribution is 6.30. The molecular formula is C15H15ClN2O2. The molecule has 20 heavy (non-hydrogen) atoms. The van der Waals surface area contributed by atoms with Crippen molar-refractivity contribution in [1.29, 1.82) is 0 Å². The fraction of sp³-hybridized carbons (Fsp3) is 0.133. The number of amidine groups is 1. The van der Waals surface area contributed by atoms with Gasteiger partial charge in [-0.2, -0.15) is 0 Å². The first-order valence-corrected chi connectivity index (χ1v) is 6.41. The lowest BCUT2D eigenvalue weighted by Gasteiger charge is -2.12. The molecule has 0 saturated heterocycles. The van der Waals surface area contributed by atoms with E-state index in [1.54, 1.807) is 18.2 Å². The van der Waals surface area contributed by atoms with Gasteiger partial charge < -0.3 is 15.7 Å². The van der Waals surface area contributed by atoms with Crippen molar-refractivity contribution in [3.63, 3.8) is 0 Å². The summed E-state index contributed by atoms with van der Waals surface area (Å²) >= 11 is 5.96. The van der Waals surface area contributed by atoms with Gasteiger partial charge in [0.25, 0.3) is 0 Å². The number of oxime groups is 1. The second kappa shape index (κ2) is 5.84. The topological polar surface area (TPSA) is 67.8 Å². The molecular weight excluding hydrogens is 276 g/mol. The van der Waals surface area contributed by atoms with Crippen molar-refractivity contribution in [2.45, 2.75) is 13.8 Å². The molecule has 2 aromatic rings. The first-order valence-electron chi connectivity index (χ1n) is 6.04. The maximum Gasteiger partial charge on any atom is 0.173 e. The third-order valence-electron chi connectivity index (χ3n) is 3.03. The van der Waals surface area contributed by atoms with E-state index in [-0.39, 0.29) is 5.84 Å². The fourth-order valence-electron chi connectivity index (χ4n) is 1.75. The lowest BCUT2D eigenvalue weighted by Crippen LogP contribution is -2.14. The summed E-state index contributed by atoms with van der Waals surface area (Å²) in [6.45, 7) is 4.03. The predicted octanol–water partition coefficient (Wildman–Crippen LogP) is 3.84. The summed E-state index contributed by atoms with van der Waals surface area (Å²) in [6.07, 6.45) is 0. The van der Waals surface area contributed by atoms with E-state index >= 15 is 0 Å². The van der Waals surface area contributed by atoms with Crippen molar-refractivity contribution in [3.05, 3.63) is 58.1 Å². The number of halogens is 1. The largest absolute Gasteiger partial charge is 0.457 e. The van der Waals surface area contributed by atoms with Gasteiger partial charge in [-0.15, -0.1) is 0 Å². The zero-order valence-electron chi connectivity index (χ0n) is 11.2. The Hall–Kier alpha value is -2.20. The highest BCUT2D eigenvalue weighted by Crippen LogP contribution is 2.29. The van der Waals surface area contributed by atoms with Crippen molar-refractivity contribution in [3.8, 4) is 11.5 Å². The molecule has 0 bridgehead atoms. The highest BCUT2D eigenvalue weighted by atomic mass is 35.5. The SMILES string of the molecule is Cc1ccc(Oc2cc(Cl)ccc2C(N)=NO)cc1C. The van der Waals surface area contributed by atoms with E-state index in [4.69, 9.17) is 27.3 Å². The minimum Gasteiger partial charge on any atom is -0.457 e. The van der Waals surface area contributed by atoms with Crippen LogP contribution >= 0.6 is 11.6 Å². The van der Waals surface area contributed by atoms with Crippen LogP contribution in [0.25, 0.3) is 0 Å². The smallest absolute Gasteiger partial charge is 0.173 e. The maximum atomic E-state index is 8.80. The van der Waals surface area contributed by atoms with Gasteiger partial charge in [-0.3, -0.25) is 0 Å². The summed E-state index contributed by atoms with van der Waals surface area (Å²) in [6, 6.07) is 10.7. The van der Waals surface area contributed by atoms with E-state index < -0.39 is 0 Å². The van der Waals surface area contributed by atoms with Crippen LogP contribution < -0.4 is 10.5 Å². The summed E-state index contributed by atoms with van der Waals surface area (Å²) in [5.74, 6) is 1.08. The molecule has 0 aliphatic carbocycles. The number of ether oxygens (including phenoxy) is 1. The lowest BCUT2D eigenvalue weighted by atomic mass is 10.1. The predicted molar refractivity (Wildman–Crippen MR) is 80.0 cm³/mol. The molecule has 0 atom stereocenters. The molecule has 0 amide bonds. The van der Waals surface area contributed by atoms with Gasteiger partial charge in [0.05, 0.1) is 5.56 Å². The van der Waals surface area contributed by atoms with Gasteiger partial charge in [0, 0.05) is 11.1 Å². The lowest BCUT2D eigenvalue weighted by molar-refractivity contribution is 0.318. The standard InChI is InChI=1S/C15H15ClN2O2/c1-9-3-5-12(7-10(9)2)20-14-8-11(16)4-6-13(14)15(17)18-19/h3-8,19H,1-2H3,(H2,17,18). The molecule has 2 rings (SSSR count). The monoisotopic (exact) mass is 290 g/mol. The van der Waals surface area contributed by atoms with E-state index in [9.17, 15) is 0 Å². The van der Waals surface area contributed by atoms with Crippen LogP contribution in [0.4, 0.5) is 0 Å². The summed E-state index contributed by atoms with van der Waals surface area (Å²) in [7, 11) is 0. The first-order chi connectivity index (χ1) is 9.51. The van der Waals surface area contributed by atoms with Crippen molar-refractivity contribution in [1.82, 2.24) is 0 Å². The van der Waals surface area contributed by atoms with Crippen LogP contribution in [0.3, 0.4) is 0 Å². The number of hydrogen-bond acceptors (Lipinski definition) is 3. The van der Waals surface area contributed by atoms with Crippen molar-refractivity contribution in [2.75, 3.05) is 0 Å². The molecule has 3 N–H and O–H groups in total. The Balaban J connectivity index is 2.41. The van der Waals surface area contributed by atoms with Crippen LogP contribution in [0.5, 0.6) is 11.5 Å². The highest BCUT2D eigenvalue weighted by Gasteiger charge is 2.10. The number of benzene rings is 2. The second-order valence-electron chi connectivity index (χ2n) is 4.47. The minimum atomic E-state index is -0.0273. The van der Waals surface area contributed by atoms with Crippen LogP contribution in [-0.2, 0) is 0 Å². The molecule has 0 heterocycles. The molecule has 0 aliphatic rings. The first kappa shape index (κ1) is 14.2. The number of aryl methyl sites for hydroxylation is 2. The van der Waals surface area contributed by atoms with Crippen molar-refractivity contribution < 1.29 is 9.94 Å².